The second kappa shape index (κ2) is 5.14. The summed E-state index contributed by atoms with van der Waals surface area (Å²) in [7, 11) is 0. The van der Waals surface area contributed by atoms with Crippen LogP contribution in [0.25, 0.3) is 0 Å². The van der Waals surface area contributed by atoms with E-state index in [1.54, 1.807) is 12.3 Å². The van der Waals surface area contributed by atoms with Crippen LogP contribution in [0.3, 0.4) is 0 Å². The summed E-state index contributed by atoms with van der Waals surface area (Å²) in [6.45, 7) is 4.03. The number of nitrogens with two attached hydrogens (primary N) is 1. The fraction of sp³-hybridized carbons (Fsp3) is 0.250. The van der Waals surface area contributed by atoms with E-state index in [0.717, 1.165) is 17.0 Å². The quantitative estimate of drug-likeness (QED) is 0.889. The minimum Gasteiger partial charge on any atom is -0.398 e. The molecule has 0 radical (unpaired) electrons. The highest BCUT2D eigenvalue weighted by Gasteiger charge is 2.13. The minimum atomic E-state index is -0.281. The molecule has 1 amide bonds. The highest BCUT2D eigenvalue weighted by molar-refractivity contribution is 7.15. The molecule has 0 fully saturated rings. The summed E-state index contributed by atoms with van der Waals surface area (Å²) in [4.78, 5) is 21.3. The lowest BCUT2D eigenvalue weighted by atomic mass is 10.2. The maximum Gasteiger partial charge on any atom is 0.261 e. The van der Waals surface area contributed by atoms with Gasteiger partial charge in [-0.3, -0.25) is 15.1 Å². The van der Waals surface area contributed by atoms with Crippen LogP contribution >= 0.6 is 11.3 Å². The number of nitrogens with one attached hydrogen (secondary N) is 1. The van der Waals surface area contributed by atoms with E-state index < -0.39 is 0 Å². The third-order valence-electron chi connectivity index (χ3n) is 2.55. The third-order valence-corrected chi connectivity index (χ3v) is 3.48. The Morgan fingerprint density at radius 2 is 2.33 bits per heavy atom. The van der Waals surface area contributed by atoms with Crippen LogP contribution in [0.2, 0.25) is 0 Å². The van der Waals surface area contributed by atoms with E-state index in [9.17, 15) is 4.79 Å². The van der Waals surface area contributed by atoms with E-state index in [1.165, 1.54) is 17.5 Å². The predicted molar refractivity (Wildman–Crippen MR) is 72.8 cm³/mol. The normalized spacial score (nSPS) is 10.3. The Labute approximate surface area is 109 Å². The van der Waals surface area contributed by atoms with Crippen molar-refractivity contribution in [3.63, 3.8) is 0 Å². The lowest BCUT2D eigenvalue weighted by Crippen LogP contribution is -2.14. The second-order valence-electron chi connectivity index (χ2n) is 3.79. The zero-order chi connectivity index (χ0) is 13.1. The number of hydrogen-bond donors (Lipinski definition) is 2. The van der Waals surface area contributed by atoms with Crippen molar-refractivity contribution < 1.29 is 4.79 Å². The molecular formula is C12H14N4OS. The number of hydrogen-bond acceptors (Lipinski definition) is 5. The molecule has 0 bridgehead atoms. The molecule has 0 aliphatic carbocycles. The smallest absolute Gasteiger partial charge is 0.261 e. The summed E-state index contributed by atoms with van der Waals surface area (Å²) in [5.74, 6) is -0.281. The van der Waals surface area contributed by atoms with Gasteiger partial charge < -0.3 is 5.73 Å². The molecular weight excluding hydrogens is 248 g/mol. The summed E-state index contributed by atoms with van der Waals surface area (Å²) < 4.78 is 0. The van der Waals surface area contributed by atoms with E-state index in [0.29, 0.717) is 16.4 Å². The number of carbonyl (C=O) groups excluding carboxylic acids is 1. The summed E-state index contributed by atoms with van der Waals surface area (Å²) in [6.07, 6.45) is 3.86. The zero-order valence-corrected chi connectivity index (χ0v) is 11.0. The van der Waals surface area contributed by atoms with Crippen molar-refractivity contribution >= 4 is 28.1 Å². The molecule has 0 aromatic carbocycles. The average molecular weight is 262 g/mol. The van der Waals surface area contributed by atoms with Gasteiger partial charge in [0.2, 0.25) is 0 Å². The first-order valence-electron chi connectivity index (χ1n) is 5.59. The molecule has 2 aromatic rings. The van der Waals surface area contributed by atoms with E-state index >= 15 is 0 Å². The number of pyridine rings is 1. The van der Waals surface area contributed by atoms with Crippen LogP contribution < -0.4 is 11.1 Å². The van der Waals surface area contributed by atoms with Gasteiger partial charge in [-0.15, -0.1) is 11.3 Å². The predicted octanol–water partition coefficient (Wildman–Crippen LogP) is 2.24. The van der Waals surface area contributed by atoms with Crippen molar-refractivity contribution in [1.82, 2.24) is 9.97 Å². The number of rotatable bonds is 3. The van der Waals surface area contributed by atoms with Crippen molar-refractivity contribution in [2.45, 2.75) is 20.3 Å². The van der Waals surface area contributed by atoms with Gasteiger partial charge in [-0.25, -0.2) is 4.98 Å². The largest absolute Gasteiger partial charge is 0.398 e. The summed E-state index contributed by atoms with van der Waals surface area (Å²) >= 11 is 1.46. The maximum atomic E-state index is 12.0. The molecule has 3 N–H and O–H groups in total. The number of aryl methyl sites for hydroxylation is 2. The summed E-state index contributed by atoms with van der Waals surface area (Å²) in [6, 6.07) is 1.60. The van der Waals surface area contributed by atoms with Crippen LogP contribution in [0.4, 0.5) is 10.8 Å². The van der Waals surface area contributed by atoms with Crippen LogP contribution in [-0.2, 0) is 6.42 Å². The molecule has 6 heteroatoms. The number of thiazole rings is 1. The molecule has 0 saturated carbocycles. The van der Waals surface area contributed by atoms with E-state index in [4.69, 9.17) is 5.73 Å². The van der Waals surface area contributed by atoms with Gasteiger partial charge in [0.1, 0.15) is 0 Å². The topological polar surface area (TPSA) is 80.9 Å². The molecule has 0 aliphatic rings. The van der Waals surface area contributed by atoms with Gasteiger partial charge in [0.15, 0.2) is 5.13 Å². The van der Waals surface area contributed by atoms with Gasteiger partial charge in [0.05, 0.1) is 11.3 Å². The van der Waals surface area contributed by atoms with Crippen LogP contribution in [0, 0.1) is 6.92 Å². The first-order chi connectivity index (χ1) is 8.61. The number of aromatic nitrogens is 2. The zero-order valence-electron chi connectivity index (χ0n) is 10.2. The third kappa shape index (κ3) is 2.48. The highest BCUT2D eigenvalue weighted by atomic mass is 32.1. The molecule has 94 valence electrons. The molecule has 2 heterocycles. The Morgan fingerprint density at radius 3 is 2.94 bits per heavy atom. The van der Waals surface area contributed by atoms with Crippen LogP contribution in [-0.4, -0.2) is 15.9 Å². The van der Waals surface area contributed by atoms with Gasteiger partial charge in [-0.1, -0.05) is 6.92 Å². The Balaban J connectivity index is 2.19. The van der Waals surface area contributed by atoms with Crippen LogP contribution in [0.5, 0.6) is 0 Å². The summed E-state index contributed by atoms with van der Waals surface area (Å²) in [5, 5.41) is 3.34. The first kappa shape index (κ1) is 12.5. The average Bonchev–Trinajstić information content (AvgIpc) is 2.69. The second-order valence-corrected chi connectivity index (χ2v) is 5.00. The fourth-order valence-electron chi connectivity index (χ4n) is 1.57. The van der Waals surface area contributed by atoms with Gasteiger partial charge in [0, 0.05) is 23.0 Å². The monoisotopic (exact) mass is 262 g/mol. The van der Waals surface area contributed by atoms with E-state index in [-0.39, 0.29) is 5.91 Å². The van der Waals surface area contributed by atoms with Crippen molar-refractivity contribution in [3.05, 3.63) is 34.6 Å². The van der Waals surface area contributed by atoms with Crippen molar-refractivity contribution in [3.8, 4) is 0 Å². The lowest BCUT2D eigenvalue weighted by molar-refractivity contribution is 0.102. The molecule has 5 nitrogen and oxygen atoms in total. The number of anilines is 2. The molecule has 0 spiro atoms. The van der Waals surface area contributed by atoms with Crippen molar-refractivity contribution in [2.75, 3.05) is 11.1 Å². The van der Waals surface area contributed by atoms with Gasteiger partial charge in [-0.05, 0) is 19.4 Å². The molecule has 0 atom stereocenters. The Morgan fingerprint density at radius 1 is 1.56 bits per heavy atom. The van der Waals surface area contributed by atoms with Gasteiger partial charge in [-0.2, -0.15) is 0 Å². The fourth-order valence-corrected chi connectivity index (χ4v) is 2.47. The number of amides is 1. The molecule has 2 aromatic heterocycles. The number of carbonyl (C=O) groups is 1. The molecule has 0 unspecified atom stereocenters. The van der Waals surface area contributed by atoms with E-state index in [1.807, 2.05) is 13.8 Å². The lowest BCUT2D eigenvalue weighted by Gasteiger charge is -2.03. The minimum absolute atomic E-state index is 0.281. The summed E-state index contributed by atoms with van der Waals surface area (Å²) in [5.41, 5.74) is 7.50. The maximum absolute atomic E-state index is 12.0. The van der Waals surface area contributed by atoms with Crippen LogP contribution in [0.1, 0.15) is 27.9 Å². The molecule has 2 rings (SSSR count). The number of nitrogen functional groups attached to an aromatic ring is 1. The van der Waals surface area contributed by atoms with Crippen LogP contribution in [0.15, 0.2) is 18.5 Å². The Kier molecular flexibility index (Phi) is 3.57. The molecule has 0 saturated heterocycles. The van der Waals surface area contributed by atoms with Gasteiger partial charge >= 0.3 is 0 Å². The number of nitrogens with zero attached hydrogens (tertiary/aromatic N) is 2. The standard InChI is InChI=1S/C12H14N4OS/c1-3-10-7(2)18-12(15-10)16-11(17)8-6-14-5-4-9(8)13/h4-6H,3H2,1-2H3,(H2,13,14)(H,15,16,17). The van der Waals surface area contributed by atoms with Gasteiger partial charge in [0.25, 0.3) is 5.91 Å². The van der Waals surface area contributed by atoms with Crippen molar-refractivity contribution in [1.29, 1.82) is 0 Å². The van der Waals surface area contributed by atoms with Crippen molar-refractivity contribution in [2.24, 2.45) is 0 Å². The highest BCUT2D eigenvalue weighted by Crippen LogP contribution is 2.23. The molecule has 0 aliphatic heterocycles. The van der Waals surface area contributed by atoms with E-state index in [2.05, 4.69) is 15.3 Å². The molecule has 18 heavy (non-hydrogen) atoms. The Bertz CT molecular complexity index is 579. The Hall–Kier alpha value is -1.95. The first-order valence-corrected chi connectivity index (χ1v) is 6.40. The SMILES string of the molecule is CCc1nc(NC(=O)c2cnccc2N)sc1C.